The number of carbonyl (C=O) groups is 2. The molecule has 0 radical (unpaired) electrons. The molecule has 1 atom stereocenters. The highest BCUT2D eigenvalue weighted by molar-refractivity contribution is 6.01. The minimum Gasteiger partial charge on any atom is -0.478 e. The van der Waals surface area contributed by atoms with Gasteiger partial charge in [-0.25, -0.2) is 9.59 Å². The van der Waals surface area contributed by atoms with E-state index in [-0.39, 0.29) is 11.1 Å². The number of hydrogen-bond donors (Lipinski definition) is 2. The summed E-state index contributed by atoms with van der Waals surface area (Å²) in [5.74, 6) is -2.46. The predicted octanol–water partition coefficient (Wildman–Crippen LogP) is 1.49. The first-order valence-corrected chi connectivity index (χ1v) is 4.69. The second-order valence-corrected chi connectivity index (χ2v) is 3.30. The summed E-state index contributed by atoms with van der Waals surface area (Å²) in [6.45, 7) is 3.04. The minimum atomic E-state index is -1.23. The van der Waals surface area contributed by atoms with Crippen molar-refractivity contribution in [2.45, 2.75) is 13.0 Å². The lowest BCUT2D eigenvalue weighted by molar-refractivity contribution is 0.0651. The first-order valence-electron chi connectivity index (χ1n) is 4.69. The van der Waals surface area contributed by atoms with Crippen LogP contribution in [0.15, 0.2) is 24.3 Å². The van der Waals surface area contributed by atoms with E-state index in [0.717, 1.165) is 6.61 Å². The highest BCUT2D eigenvalue weighted by Crippen LogP contribution is 2.07. The highest BCUT2D eigenvalue weighted by atomic mass is 16.6. The molecule has 1 fully saturated rings. The van der Waals surface area contributed by atoms with E-state index in [9.17, 15) is 9.59 Å². The molecule has 1 heterocycles. The predicted molar refractivity (Wildman–Crippen MR) is 55.8 cm³/mol. The third-order valence-electron chi connectivity index (χ3n) is 1.89. The number of ether oxygens (including phenoxy) is 1. The van der Waals surface area contributed by atoms with Crippen molar-refractivity contribution in [3.05, 3.63) is 35.4 Å². The van der Waals surface area contributed by atoms with Gasteiger partial charge in [0.05, 0.1) is 23.8 Å². The fourth-order valence-electron chi connectivity index (χ4n) is 0.952. The standard InChI is InChI=1S/C8H6O4.C3H6O/c9-7(10)5-3-1-2-4-6(5)8(11)12;1-3-2-4-3/h1-4H,(H,9,10)(H,11,12);3H,2H2,1H3. The van der Waals surface area contributed by atoms with Crippen molar-refractivity contribution in [2.75, 3.05) is 6.61 Å². The number of epoxide rings is 1. The molecule has 0 aliphatic carbocycles. The summed E-state index contributed by atoms with van der Waals surface area (Å²) >= 11 is 0. The van der Waals surface area contributed by atoms with E-state index in [2.05, 4.69) is 6.92 Å². The first kappa shape index (κ1) is 12.2. The summed E-state index contributed by atoms with van der Waals surface area (Å²) in [6.07, 6.45) is 0.583. The maximum absolute atomic E-state index is 10.5. The summed E-state index contributed by atoms with van der Waals surface area (Å²) in [4.78, 5) is 20.9. The lowest BCUT2D eigenvalue weighted by Crippen LogP contribution is -2.06. The van der Waals surface area contributed by atoms with Crippen LogP contribution in [0.3, 0.4) is 0 Å². The van der Waals surface area contributed by atoms with Crippen LogP contribution in [0.2, 0.25) is 0 Å². The first-order chi connectivity index (χ1) is 7.52. The van der Waals surface area contributed by atoms with Gasteiger partial charge in [-0.2, -0.15) is 0 Å². The Balaban J connectivity index is 0.000000267. The zero-order chi connectivity index (χ0) is 12.1. The third-order valence-corrected chi connectivity index (χ3v) is 1.89. The summed E-state index contributed by atoms with van der Waals surface area (Å²) in [6, 6.07) is 5.48. The van der Waals surface area contributed by atoms with Gasteiger partial charge in [-0.15, -0.1) is 0 Å². The molecule has 16 heavy (non-hydrogen) atoms. The van der Waals surface area contributed by atoms with Gasteiger partial charge in [0, 0.05) is 0 Å². The zero-order valence-electron chi connectivity index (χ0n) is 8.71. The van der Waals surface area contributed by atoms with E-state index in [1.807, 2.05) is 0 Å². The van der Waals surface area contributed by atoms with Crippen molar-refractivity contribution in [2.24, 2.45) is 0 Å². The minimum absolute atomic E-state index is 0.190. The van der Waals surface area contributed by atoms with Crippen molar-refractivity contribution in [1.29, 1.82) is 0 Å². The molecule has 0 amide bonds. The van der Waals surface area contributed by atoms with Gasteiger partial charge in [-0.05, 0) is 19.1 Å². The largest absolute Gasteiger partial charge is 0.478 e. The molecule has 5 heteroatoms. The SMILES string of the molecule is CC1CO1.O=C(O)c1ccccc1C(=O)O. The van der Waals surface area contributed by atoms with E-state index in [4.69, 9.17) is 14.9 Å². The average Bonchev–Trinajstić information content (AvgIpc) is 3.01. The van der Waals surface area contributed by atoms with E-state index in [1.165, 1.54) is 24.3 Å². The van der Waals surface area contributed by atoms with Gasteiger partial charge >= 0.3 is 11.9 Å². The van der Waals surface area contributed by atoms with Gasteiger partial charge in [-0.1, -0.05) is 12.1 Å². The van der Waals surface area contributed by atoms with Crippen molar-refractivity contribution in [3.8, 4) is 0 Å². The van der Waals surface area contributed by atoms with Crippen LogP contribution in [-0.4, -0.2) is 34.9 Å². The smallest absolute Gasteiger partial charge is 0.336 e. The zero-order valence-corrected chi connectivity index (χ0v) is 8.71. The van der Waals surface area contributed by atoms with Gasteiger partial charge in [-0.3, -0.25) is 0 Å². The Kier molecular flexibility index (Phi) is 4.02. The molecule has 2 rings (SSSR count). The topological polar surface area (TPSA) is 87.1 Å². The van der Waals surface area contributed by atoms with E-state index < -0.39 is 11.9 Å². The number of carboxylic acid groups (broad SMARTS) is 2. The molecule has 1 aliphatic heterocycles. The molecule has 1 unspecified atom stereocenters. The van der Waals surface area contributed by atoms with Gasteiger partial charge in [0.25, 0.3) is 0 Å². The second-order valence-electron chi connectivity index (χ2n) is 3.30. The Hall–Kier alpha value is -1.88. The van der Waals surface area contributed by atoms with Gasteiger partial charge < -0.3 is 14.9 Å². The van der Waals surface area contributed by atoms with Gasteiger partial charge in [0.15, 0.2) is 0 Å². The normalized spacial score (nSPS) is 16.9. The maximum atomic E-state index is 10.5. The molecular weight excluding hydrogens is 212 g/mol. The Morgan fingerprint density at radius 3 is 1.69 bits per heavy atom. The Bertz CT molecular complexity index is 362. The van der Waals surface area contributed by atoms with Crippen molar-refractivity contribution < 1.29 is 24.5 Å². The second kappa shape index (κ2) is 5.27. The molecule has 5 nitrogen and oxygen atoms in total. The summed E-state index contributed by atoms with van der Waals surface area (Å²) in [7, 11) is 0. The summed E-state index contributed by atoms with van der Waals surface area (Å²) < 4.78 is 4.71. The van der Waals surface area contributed by atoms with Crippen molar-refractivity contribution in [1.82, 2.24) is 0 Å². The molecule has 2 N–H and O–H groups in total. The van der Waals surface area contributed by atoms with Crippen LogP contribution >= 0.6 is 0 Å². The van der Waals surface area contributed by atoms with E-state index >= 15 is 0 Å². The Morgan fingerprint density at radius 1 is 1.19 bits per heavy atom. The molecule has 0 aromatic heterocycles. The molecule has 1 aliphatic rings. The summed E-state index contributed by atoms with van der Waals surface area (Å²) in [5, 5.41) is 17.1. The Labute approximate surface area is 92.3 Å². The quantitative estimate of drug-likeness (QED) is 0.743. The number of aromatic carboxylic acids is 2. The number of benzene rings is 1. The molecule has 1 aromatic rings. The molecule has 86 valence electrons. The number of rotatable bonds is 2. The monoisotopic (exact) mass is 224 g/mol. The number of hydrogen-bond acceptors (Lipinski definition) is 3. The maximum Gasteiger partial charge on any atom is 0.336 e. The molecular formula is C11H12O5. The third kappa shape index (κ3) is 3.70. The van der Waals surface area contributed by atoms with Gasteiger partial charge in [0.1, 0.15) is 0 Å². The van der Waals surface area contributed by atoms with Gasteiger partial charge in [0.2, 0.25) is 0 Å². The lowest BCUT2D eigenvalue weighted by Gasteiger charge is -1.98. The molecule has 1 aromatic carbocycles. The Morgan fingerprint density at radius 2 is 1.50 bits per heavy atom. The van der Waals surface area contributed by atoms with Crippen LogP contribution in [0.4, 0.5) is 0 Å². The molecule has 0 bridgehead atoms. The van der Waals surface area contributed by atoms with E-state index in [1.54, 1.807) is 0 Å². The fraction of sp³-hybridized carbons (Fsp3) is 0.273. The lowest BCUT2D eigenvalue weighted by atomic mass is 10.1. The van der Waals surface area contributed by atoms with Crippen LogP contribution < -0.4 is 0 Å². The molecule has 1 saturated heterocycles. The van der Waals surface area contributed by atoms with Crippen LogP contribution in [-0.2, 0) is 4.74 Å². The fourth-order valence-corrected chi connectivity index (χ4v) is 0.952. The number of carboxylic acids is 2. The average molecular weight is 224 g/mol. The summed E-state index contributed by atoms with van der Waals surface area (Å²) in [5.41, 5.74) is -0.380. The van der Waals surface area contributed by atoms with Crippen molar-refractivity contribution in [3.63, 3.8) is 0 Å². The van der Waals surface area contributed by atoms with Crippen LogP contribution in [0.1, 0.15) is 27.6 Å². The van der Waals surface area contributed by atoms with Crippen LogP contribution in [0, 0.1) is 0 Å². The molecule has 0 spiro atoms. The van der Waals surface area contributed by atoms with E-state index in [0.29, 0.717) is 6.10 Å². The molecule has 0 saturated carbocycles. The van der Waals surface area contributed by atoms with Crippen molar-refractivity contribution >= 4 is 11.9 Å². The highest BCUT2D eigenvalue weighted by Gasteiger charge is 2.13. The van der Waals surface area contributed by atoms with Crippen LogP contribution in [0.25, 0.3) is 0 Å². The van der Waals surface area contributed by atoms with Crippen LogP contribution in [0.5, 0.6) is 0 Å².